The number of Topliss-reactive ketones (excluding diaryl/α,β-unsaturated/α-hetero) is 1. The number of hydrogen-bond donors (Lipinski definition) is 0. The number of rotatable bonds is 9. The second-order valence-electron chi connectivity index (χ2n) is 7.78. The molecule has 3 heterocycles. The zero-order valence-corrected chi connectivity index (χ0v) is 23.1. The summed E-state index contributed by atoms with van der Waals surface area (Å²) in [6, 6.07) is 11.0. The van der Waals surface area contributed by atoms with E-state index in [1.807, 2.05) is 30.3 Å². The minimum atomic E-state index is -1.83. The minimum absolute atomic E-state index is 0.0450. The van der Waals surface area contributed by atoms with Gasteiger partial charge in [-0.15, -0.1) is 22.7 Å². The molecule has 1 aliphatic rings. The summed E-state index contributed by atoms with van der Waals surface area (Å²) in [7, 11) is 3.15. The molecule has 2 aromatic carbocycles. The topological polar surface area (TPSA) is 114 Å². The third kappa shape index (κ3) is 4.88. The molecule has 37 heavy (non-hydrogen) atoms. The number of ether oxygens (including phenoxy) is 4. The Kier molecular flexibility index (Phi) is 7.30. The quantitative estimate of drug-likeness (QED) is 0.158. The number of carbonyl (C=O) groups excluding carboxylic acids is 3. The standard InChI is InChI=1S/C24H20N2O7S4/c1-4-32-21(29)24(11-34-22-25-14-9-12(30-2)5-7-16(14)35-22)19(18(27)20(28)33-24)37-23-26-15-10-13(31-3)6-8-17(15)36-23/h5-10,19H,4,11H2,1-3H3. The number of ketones is 1. The summed E-state index contributed by atoms with van der Waals surface area (Å²) in [5.74, 6) is -1.36. The lowest BCUT2D eigenvalue weighted by Crippen LogP contribution is -2.50. The van der Waals surface area contributed by atoms with E-state index in [-0.39, 0.29) is 12.4 Å². The van der Waals surface area contributed by atoms with E-state index in [0.29, 0.717) is 25.7 Å². The van der Waals surface area contributed by atoms with Gasteiger partial charge in [-0.25, -0.2) is 19.6 Å². The van der Waals surface area contributed by atoms with Gasteiger partial charge in [-0.3, -0.25) is 4.79 Å². The number of cyclic esters (lactones) is 1. The molecule has 4 aromatic rings. The molecular weight excluding hydrogens is 557 g/mol. The fourth-order valence-corrected chi connectivity index (χ4v) is 8.42. The van der Waals surface area contributed by atoms with Crippen LogP contribution in [0.3, 0.4) is 0 Å². The lowest BCUT2D eigenvalue weighted by atomic mass is 10.0. The largest absolute Gasteiger partial charge is 0.497 e. The number of aromatic nitrogens is 2. The molecule has 0 N–H and O–H groups in total. The maximum Gasteiger partial charge on any atom is 0.377 e. The Morgan fingerprint density at radius 3 is 2.19 bits per heavy atom. The van der Waals surface area contributed by atoms with E-state index in [0.717, 1.165) is 26.7 Å². The molecule has 0 spiro atoms. The molecule has 2 aromatic heterocycles. The molecule has 192 valence electrons. The van der Waals surface area contributed by atoms with Crippen molar-refractivity contribution in [1.29, 1.82) is 0 Å². The third-order valence-corrected chi connectivity index (χ3v) is 10.4. The van der Waals surface area contributed by atoms with Crippen molar-refractivity contribution in [2.24, 2.45) is 0 Å². The van der Waals surface area contributed by atoms with Crippen molar-refractivity contribution >= 4 is 84.4 Å². The van der Waals surface area contributed by atoms with Gasteiger partial charge in [0.05, 0.1) is 47.0 Å². The van der Waals surface area contributed by atoms with Gasteiger partial charge in [0.2, 0.25) is 5.60 Å². The Bertz CT molecular complexity index is 1520. The fourth-order valence-electron chi connectivity index (χ4n) is 3.71. The van der Waals surface area contributed by atoms with Crippen LogP contribution in [0, 0.1) is 0 Å². The van der Waals surface area contributed by atoms with Crippen LogP contribution in [0.25, 0.3) is 20.4 Å². The second-order valence-corrected chi connectivity index (χ2v) is 12.4. The number of benzene rings is 2. The van der Waals surface area contributed by atoms with Gasteiger partial charge >= 0.3 is 11.9 Å². The average Bonchev–Trinajstić information content (AvgIpc) is 3.57. The SMILES string of the molecule is CCOC(=O)C1(CSc2nc3cc(OC)ccc3s2)OC(=O)C(=O)C1Sc1nc2cc(OC)ccc2s1. The molecule has 2 unspecified atom stereocenters. The first-order chi connectivity index (χ1) is 17.9. The van der Waals surface area contributed by atoms with Crippen LogP contribution in [0.1, 0.15) is 6.92 Å². The van der Waals surface area contributed by atoms with Gasteiger partial charge in [-0.05, 0) is 31.2 Å². The van der Waals surface area contributed by atoms with Gasteiger partial charge in [-0.1, -0.05) is 23.5 Å². The Morgan fingerprint density at radius 1 is 1.00 bits per heavy atom. The zero-order valence-electron chi connectivity index (χ0n) is 19.8. The molecule has 1 saturated heterocycles. The smallest absolute Gasteiger partial charge is 0.377 e. The highest BCUT2D eigenvalue weighted by atomic mass is 32.2. The van der Waals surface area contributed by atoms with Crippen molar-refractivity contribution in [2.75, 3.05) is 26.6 Å². The summed E-state index contributed by atoms with van der Waals surface area (Å²) in [5.41, 5.74) is -0.400. The molecule has 0 bridgehead atoms. The van der Waals surface area contributed by atoms with Crippen molar-refractivity contribution in [3.8, 4) is 11.5 Å². The highest BCUT2D eigenvalue weighted by Crippen LogP contribution is 2.45. The van der Waals surface area contributed by atoms with Gasteiger partial charge in [0.15, 0.2) is 8.68 Å². The molecule has 1 aliphatic heterocycles. The van der Waals surface area contributed by atoms with Crippen LogP contribution in [0.2, 0.25) is 0 Å². The van der Waals surface area contributed by atoms with Gasteiger partial charge in [0.25, 0.3) is 5.78 Å². The van der Waals surface area contributed by atoms with E-state index in [1.54, 1.807) is 27.2 Å². The average molecular weight is 577 g/mol. The van der Waals surface area contributed by atoms with Crippen LogP contribution >= 0.6 is 46.2 Å². The van der Waals surface area contributed by atoms with Gasteiger partial charge in [0, 0.05) is 12.1 Å². The Hall–Kier alpha value is -2.87. The molecule has 5 rings (SSSR count). The molecule has 13 heteroatoms. The van der Waals surface area contributed by atoms with Crippen LogP contribution in [-0.2, 0) is 23.9 Å². The van der Waals surface area contributed by atoms with E-state index < -0.39 is 28.6 Å². The van der Waals surface area contributed by atoms with Crippen molar-refractivity contribution in [3.05, 3.63) is 36.4 Å². The first-order valence-corrected chi connectivity index (χ1v) is 14.5. The molecule has 0 amide bonds. The molecule has 0 saturated carbocycles. The Balaban J connectivity index is 1.46. The van der Waals surface area contributed by atoms with Crippen LogP contribution in [-0.4, -0.2) is 65.1 Å². The number of carbonyl (C=O) groups is 3. The predicted molar refractivity (Wildman–Crippen MR) is 143 cm³/mol. The lowest BCUT2D eigenvalue weighted by Gasteiger charge is -2.28. The Labute approximate surface area is 227 Å². The van der Waals surface area contributed by atoms with E-state index >= 15 is 0 Å². The summed E-state index contributed by atoms with van der Waals surface area (Å²) in [6.07, 6.45) is 0. The van der Waals surface area contributed by atoms with Gasteiger partial charge in [0.1, 0.15) is 16.7 Å². The summed E-state index contributed by atoms with van der Waals surface area (Å²) in [4.78, 5) is 47.9. The number of thiazole rings is 2. The molecular formula is C24H20N2O7S4. The molecule has 0 aliphatic carbocycles. The first kappa shape index (κ1) is 25.8. The highest BCUT2D eigenvalue weighted by Gasteiger charge is 2.62. The number of hydrogen-bond acceptors (Lipinski definition) is 13. The molecule has 1 fully saturated rings. The first-order valence-electron chi connectivity index (χ1n) is 11.0. The van der Waals surface area contributed by atoms with E-state index in [4.69, 9.17) is 18.9 Å². The number of esters is 2. The van der Waals surface area contributed by atoms with Crippen molar-refractivity contribution in [1.82, 2.24) is 9.97 Å². The van der Waals surface area contributed by atoms with Crippen molar-refractivity contribution < 1.29 is 33.3 Å². The highest BCUT2D eigenvalue weighted by molar-refractivity contribution is 8.03. The summed E-state index contributed by atoms with van der Waals surface area (Å²) >= 11 is 5.04. The lowest BCUT2D eigenvalue weighted by molar-refractivity contribution is -0.171. The normalized spacial score (nSPS) is 19.4. The number of thioether (sulfide) groups is 2. The zero-order chi connectivity index (χ0) is 26.2. The predicted octanol–water partition coefficient (Wildman–Crippen LogP) is 4.60. The third-order valence-electron chi connectivity index (χ3n) is 5.54. The van der Waals surface area contributed by atoms with E-state index in [2.05, 4.69) is 9.97 Å². The summed E-state index contributed by atoms with van der Waals surface area (Å²) in [6.45, 7) is 1.72. The number of fused-ring (bicyclic) bond motifs is 2. The molecule has 0 radical (unpaired) electrons. The minimum Gasteiger partial charge on any atom is -0.497 e. The van der Waals surface area contributed by atoms with Gasteiger partial charge in [-0.2, -0.15) is 0 Å². The summed E-state index contributed by atoms with van der Waals surface area (Å²) in [5, 5.41) is -1.16. The van der Waals surface area contributed by atoms with Crippen LogP contribution in [0.4, 0.5) is 0 Å². The summed E-state index contributed by atoms with van der Waals surface area (Å²) < 4.78 is 24.3. The number of nitrogens with zero attached hydrogens (tertiary/aromatic N) is 2. The van der Waals surface area contributed by atoms with Crippen molar-refractivity contribution in [2.45, 2.75) is 26.5 Å². The molecule has 9 nitrogen and oxygen atoms in total. The maximum absolute atomic E-state index is 13.2. The van der Waals surface area contributed by atoms with Crippen LogP contribution in [0.15, 0.2) is 45.1 Å². The van der Waals surface area contributed by atoms with Crippen LogP contribution in [0.5, 0.6) is 11.5 Å². The fraction of sp³-hybridized carbons (Fsp3) is 0.292. The second kappa shape index (κ2) is 10.5. The Morgan fingerprint density at radius 2 is 1.59 bits per heavy atom. The van der Waals surface area contributed by atoms with Crippen LogP contribution < -0.4 is 9.47 Å². The van der Waals surface area contributed by atoms with E-state index in [9.17, 15) is 14.4 Å². The molecule has 2 atom stereocenters. The van der Waals surface area contributed by atoms with Gasteiger partial charge < -0.3 is 18.9 Å². The van der Waals surface area contributed by atoms with Crippen molar-refractivity contribution in [3.63, 3.8) is 0 Å². The number of methoxy groups -OCH3 is 2. The van der Waals surface area contributed by atoms with E-state index in [1.165, 1.54) is 34.4 Å². The monoisotopic (exact) mass is 576 g/mol. The maximum atomic E-state index is 13.2.